The van der Waals surface area contributed by atoms with Crippen molar-refractivity contribution in [3.05, 3.63) is 35.9 Å². The van der Waals surface area contributed by atoms with E-state index in [0.29, 0.717) is 18.5 Å². The molecule has 4 nitrogen and oxygen atoms in total. The molecule has 23 heavy (non-hydrogen) atoms. The molecular formula is C19H31N3O. The second-order valence-corrected chi connectivity index (χ2v) is 7.16. The molecule has 0 saturated carbocycles. The van der Waals surface area contributed by atoms with Crippen LogP contribution in [-0.4, -0.2) is 36.5 Å². The summed E-state index contributed by atoms with van der Waals surface area (Å²) >= 11 is 0. The number of nitrogens with two attached hydrogens (primary N) is 1. The SMILES string of the molecule is CC1CCN(C(CNC(=O)C(N)c2ccccc2)C(C)C)CC1. The third-order valence-corrected chi connectivity index (χ3v) is 4.98. The largest absolute Gasteiger partial charge is 0.353 e. The van der Waals surface area contributed by atoms with Crippen LogP contribution < -0.4 is 11.1 Å². The Bertz CT molecular complexity index is 481. The van der Waals surface area contributed by atoms with E-state index in [0.717, 1.165) is 24.6 Å². The molecule has 1 aliphatic rings. The normalized spacial score (nSPS) is 19.5. The van der Waals surface area contributed by atoms with Gasteiger partial charge in [-0.05, 0) is 43.3 Å². The van der Waals surface area contributed by atoms with Gasteiger partial charge in [0, 0.05) is 12.6 Å². The fourth-order valence-electron chi connectivity index (χ4n) is 3.27. The Labute approximate surface area is 140 Å². The number of benzene rings is 1. The molecule has 1 amide bonds. The Morgan fingerprint density at radius 2 is 1.87 bits per heavy atom. The molecule has 1 saturated heterocycles. The van der Waals surface area contributed by atoms with E-state index in [1.807, 2.05) is 30.3 Å². The maximum absolute atomic E-state index is 12.4. The third kappa shape index (κ3) is 5.05. The summed E-state index contributed by atoms with van der Waals surface area (Å²) in [6.45, 7) is 9.71. The van der Waals surface area contributed by atoms with Gasteiger partial charge in [-0.1, -0.05) is 51.1 Å². The first-order chi connectivity index (χ1) is 11.0. The van der Waals surface area contributed by atoms with E-state index in [1.54, 1.807) is 0 Å². The van der Waals surface area contributed by atoms with Gasteiger partial charge in [0.05, 0.1) is 0 Å². The molecule has 1 heterocycles. The van der Waals surface area contributed by atoms with Crippen LogP contribution in [0.1, 0.15) is 45.2 Å². The minimum atomic E-state index is -0.592. The average molecular weight is 317 g/mol. The highest BCUT2D eigenvalue weighted by molar-refractivity contribution is 5.82. The van der Waals surface area contributed by atoms with Crippen LogP contribution in [0.4, 0.5) is 0 Å². The van der Waals surface area contributed by atoms with Crippen LogP contribution in [0, 0.1) is 11.8 Å². The average Bonchev–Trinajstić information content (AvgIpc) is 2.56. The fraction of sp³-hybridized carbons (Fsp3) is 0.632. The maximum atomic E-state index is 12.4. The van der Waals surface area contributed by atoms with E-state index in [1.165, 1.54) is 12.8 Å². The van der Waals surface area contributed by atoms with Gasteiger partial charge in [0.25, 0.3) is 0 Å². The molecule has 2 atom stereocenters. The van der Waals surface area contributed by atoms with E-state index in [2.05, 4.69) is 31.0 Å². The third-order valence-electron chi connectivity index (χ3n) is 4.98. The standard InChI is InChI=1S/C19H31N3O/c1-14(2)17(22-11-9-15(3)10-12-22)13-21-19(23)18(20)16-7-5-4-6-8-16/h4-8,14-15,17-18H,9-13,20H2,1-3H3,(H,21,23). The number of nitrogens with zero attached hydrogens (tertiary/aromatic N) is 1. The lowest BCUT2D eigenvalue weighted by atomic mass is 9.94. The summed E-state index contributed by atoms with van der Waals surface area (Å²) in [4.78, 5) is 14.9. The number of hydrogen-bond donors (Lipinski definition) is 2. The topological polar surface area (TPSA) is 58.4 Å². The molecule has 0 bridgehead atoms. The number of piperidine rings is 1. The van der Waals surface area contributed by atoms with E-state index in [9.17, 15) is 4.79 Å². The van der Waals surface area contributed by atoms with Gasteiger partial charge < -0.3 is 11.1 Å². The first kappa shape index (κ1) is 18.0. The molecule has 3 N–H and O–H groups in total. The zero-order valence-corrected chi connectivity index (χ0v) is 14.7. The minimum Gasteiger partial charge on any atom is -0.353 e. The number of rotatable bonds is 6. The van der Waals surface area contributed by atoms with E-state index in [4.69, 9.17) is 5.73 Å². The van der Waals surface area contributed by atoms with Gasteiger partial charge in [-0.25, -0.2) is 0 Å². The summed E-state index contributed by atoms with van der Waals surface area (Å²) in [6.07, 6.45) is 2.50. The van der Waals surface area contributed by atoms with Gasteiger partial charge in [-0.2, -0.15) is 0 Å². The summed E-state index contributed by atoms with van der Waals surface area (Å²) in [5.41, 5.74) is 6.93. The second kappa shape index (κ2) is 8.46. The van der Waals surface area contributed by atoms with E-state index >= 15 is 0 Å². The highest BCUT2D eigenvalue weighted by atomic mass is 16.2. The van der Waals surface area contributed by atoms with Crippen molar-refractivity contribution in [2.75, 3.05) is 19.6 Å². The molecule has 2 rings (SSSR count). The highest BCUT2D eigenvalue weighted by Gasteiger charge is 2.26. The van der Waals surface area contributed by atoms with Crippen molar-refractivity contribution in [2.45, 2.75) is 45.7 Å². The van der Waals surface area contributed by atoms with Crippen molar-refractivity contribution >= 4 is 5.91 Å². The first-order valence-corrected chi connectivity index (χ1v) is 8.81. The molecule has 1 aliphatic heterocycles. The van der Waals surface area contributed by atoms with Crippen LogP contribution in [0.25, 0.3) is 0 Å². The van der Waals surface area contributed by atoms with Crippen molar-refractivity contribution in [1.82, 2.24) is 10.2 Å². The van der Waals surface area contributed by atoms with Gasteiger partial charge in [0.1, 0.15) is 6.04 Å². The Morgan fingerprint density at radius 3 is 2.43 bits per heavy atom. The molecule has 1 aromatic carbocycles. The van der Waals surface area contributed by atoms with Gasteiger partial charge in [0.2, 0.25) is 5.91 Å². The predicted molar refractivity (Wildman–Crippen MR) is 95.0 cm³/mol. The molecule has 2 unspecified atom stereocenters. The predicted octanol–water partition coefficient (Wildman–Crippen LogP) is 2.56. The molecule has 0 radical (unpaired) electrons. The lowest BCUT2D eigenvalue weighted by molar-refractivity contribution is -0.122. The van der Waals surface area contributed by atoms with Gasteiger partial charge in [-0.3, -0.25) is 9.69 Å². The second-order valence-electron chi connectivity index (χ2n) is 7.16. The van der Waals surface area contributed by atoms with Crippen LogP contribution in [0.5, 0.6) is 0 Å². The van der Waals surface area contributed by atoms with Crippen molar-refractivity contribution in [3.8, 4) is 0 Å². The molecule has 4 heteroatoms. The van der Waals surface area contributed by atoms with Crippen LogP contribution in [0.2, 0.25) is 0 Å². The number of carbonyl (C=O) groups is 1. The molecule has 128 valence electrons. The molecule has 0 spiro atoms. The molecule has 1 fully saturated rings. The molecular weight excluding hydrogens is 286 g/mol. The molecule has 0 aliphatic carbocycles. The summed E-state index contributed by atoms with van der Waals surface area (Å²) in [5.74, 6) is 1.24. The summed E-state index contributed by atoms with van der Waals surface area (Å²) in [6, 6.07) is 9.34. The fourth-order valence-corrected chi connectivity index (χ4v) is 3.27. The highest BCUT2D eigenvalue weighted by Crippen LogP contribution is 2.21. The minimum absolute atomic E-state index is 0.0905. The smallest absolute Gasteiger partial charge is 0.241 e. The number of hydrogen-bond acceptors (Lipinski definition) is 3. The quantitative estimate of drug-likeness (QED) is 0.848. The van der Waals surface area contributed by atoms with E-state index < -0.39 is 6.04 Å². The van der Waals surface area contributed by atoms with Crippen molar-refractivity contribution in [1.29, 1.82) is 0 Å². The molecule has 0 aromatic heterocycles. The summed E-state index contributed by atoms with van der Waals surface area (Å²) < 4.78 is 0. The van der Waals surface area contributed by atoms with Gasteiger partial charge >= 0.3 is 0 Å². The maximum Gasteiger partial charge on any atom is 0.241 e. The van der Waals surface area contributed by atoms with Crippen LogP contribution in [0.15, 0.2) is 30.3 Å². The number of likely N-dealkylation sites (tertiary alicyclic amines) is 1. The molecule has 1 aromatic rings. The monoisotopic (exact) mass is 317 g/mol. The van der Waals surface area contributed by atoms with Crippen LogP contribution in [0.3, 0.4) is 0 Å². The lowest BCUT2D eigenvalue weighted by Gasteiger charge is -2.39. The Morgan fingerprint density at radius 1 is 1.26 bits per heavy atom. The zero-order chi connectivity index (χ0) is 16.8. The number of nitrogens with one attached hydrogen (secondary N) is 1. The number of carbonyl (C=O) groups excluding carboxylic acids is 1. The Kier molecular flexibility index (Phi) is 6.60. The van der Waals surface area contributed by atoms with Gasteiger partial charge in [-0.15, -0.1) is 0 Å². The van der Waals surface area contributed by atoms with Crippen LogP contribution in [-0.2, 0) is 4.79 Å². The van der Waals surface area contributed by atoms with Gasteiger partial charge in [0.15, 0.2) is 0 Å². The van der Waals surface area contributed by atoms with Crippen LogP contribution >= 0.6 is 0 Å². The lowest BCUT2D eigenvalue weighted by Crippen LogP contribution is -2.50. The number of amides is 1. The van der Waals surface area contributed by atoms with Crippen molar-refractivity contribution in [2.24, 2.45) is 17.6 Å². The van der Waals surface area contributed by atoms with E-state index in [-0.39, 0.29) is 5.91 Å². The Balaban J connectivity index is 1.89. The summed E-state index contributed by atoms with van der Waals surface area (Å²) in [5, 5.41) is 3.07. The van der Waals surface area contributed by atoms with Crippen molar-refractivity contribution < 1.29 is 4.79 Å². The Hall–Kier alpha value is -1.39. The zero-order valence-electron chi connectivity index (χ0n) is 14.7. The summed E-state index contributed by atoms with van der Waals surface area (Å²) in [7, 11) is 0. The van der Waals surface area contributed by atoms with Crippen molar-refractivity contribution in [3.63, 3.8) is 0 Å². The first-order valence-electron chi connectivity index (χ1n) is 8.81.